The first kappa shape index (κ1) is 25.5. The molecule has 1 aliphatic carbocycles. The largest absolute Gasteiger partial charge is 0.489 e. The van der Waals surface area contributed by atoms with Crippen LogP contribution in [0.15, 0.2) is 48.5 Å². The van der Waals surface area contributed by atoms with Crippen LogP contribution in [0.1, 0.15) is 49.4 Å². The van der Waals surface area contributed by atoms with Crippen molar-refractivity contribution in [1.29, 1.82) is 5.26 Å². The van der Waals surface area contributed by atoms with Crippen LogP contribution >= 0.6 is 0 Å². The van der Waals surface area contributed by atoms with Crippen LogP contribution in [0, 0.1) is 17.2 Å². The van der Waals surface area contributed by atoms with E-state index in [4.69, 9.17) is 9.47 Å². The van der Waals surface area contributed by atoms with E-state index in [9.17, 15) is 15.2 Å². The predicted octanol–water partition coefficient (Wildman–Crippen LogP) is 4.05. The van der Waals surface area contributed by atoms with E-state index in [2.05, 4.69) is 49.5 Å². The predicted molar refractivity (Wildman–Crippen MR) is 132 cm³/mol. The first-order valence-corrected chi connectivity index (χ1v) is 11.8. The number of fused-ring (bicyclic) bond motifs is 1. The molecule has 180 valence electrons. The molecule has 0 aliphatic heterocycles. The van der Waals surface area contributed by atoms with Gasteiger partial charge in [0.1, 0.15) is 24.5 Å². The molecule has 3 rings (SSSR count). The Balaban J connectivity index is 1.53. The van der Waals surface area contributed by atoms with Crippen molar-refractivity contribution in [1.82, 2.24) is 5.32 Å². The van der Waals surface area contributed by atoms with Crippen LogP contribution in [0.25, 0.3) is 6.08 Å². The van der Waals surface area contributed by atoms with Gasteiger partial charge in [-0.3, -0.25) is 0 Å². The monoisotopic (exact) mass is 462 g/mol. The van der Waals surface area contributed by atoms with Crippen LogP contribution in [0.3, 0.4) is 0 Å². The second-order valence-electron chi connectivity index (χ2n) is 9.40. The standard InChI is InChI=1S/C28H34N2O4/c1-4-33-26(32)13-12-21-10-7-11-24(17-29)27(21)34-19-25(31)18-30-28(2,3)16-20-14-22-8-5-6-9-23(22)15-20/h5-13,20,25,30-31H,4,14-16,18-19H2,1-3H3. The Morgan fingerprint density at radius 2 is 1.94 bits per heavy atom. The normalized spacial score (nSPS) is 14.6. The van der Waals surface area contributed by atoms with Gasteiger partial charge >= 0.3 is 5.97 Å². The molecule has 2 aromatic rings. The number of aliphatic hydroxyl groups is 1. The summed E-state index contributed by atoms with van der Waals surface area (Å²) >= 11 is 0. The molecule has 0 saturated heterocycles. The molecule has 1 unspecified atom stereocenters. The van der Waals surface area contributed by atoms with E-state index >= 15 is 0 Å². The van der Waals surface area contributed by atoms with Gasteiger partial charge in [-0.2, -0.15) is 5.26 Å². The van der Waals surface area contributed by atoms with E-state index < -0.39 is 12.1 Å². The molecule has 0 heterocycles. The van der Waals surface area contributed by atoms with Gasteiger partial charge in [-0.1, -0.05) is 36.4 Å². The number of ether oxygens (including phenoxy) is 2. The molecule has 0 spiro atoms. The summed E-state index contributed by atoms with van der Waals surface area (Å²) in [7, 11) is 0. The minimum Gasteiger partial charge on any atom is -0.489 e. The van der Waals surface area contributed by atoms with Gasteiger partial charge in [0.15, 0.2) is 0 Å². The van der Waals surface area contributed by atoms with Gasteiger partial charge < -0.3 is 19.9 Å². The number of carbonyl (C=O) groups excluding carboxylic acids is 1. The van der Waals surface area contributed by atoms with Crippen molar-refractivity contribution in [2.24, 2.45) is 5.92 Å². The minimum atomic E-state index is -0.756. The quantitative estimate of drug-likeness (QED) is 0.387. The maximum absolute atomic E-state index is 11.7. The van der Waals surface area contributed by atoms with Crippen molar-refractivity contribution in [2.45, 2.75) is 51.7 Å². The van der Waals surface area contributed by atoms with Gasteiger partial charge in [-0.15, -0.1) is 0 Å². The second-order valence-corrected chi connectivity index (χ2v) is 9.40. The van der Waals surface area contributed by atoms with E-state index in [0.717, 1.165) is 19.3 Å². The summed E-state index contributed by atoms with van der Waals surface area (Å²) < 4.78 is 10.7. The Morgan fingerprint density at radius 1 is 1.24 bits per heavy atom. The number of aliphatic hydroxyl groups excluding tert-OH is 1. The van der Waals surface area contributed by atoms with E-state index in [1.807, 2.05) is 0 Å². The highest BCUT2D eigenvalue weighted by Crippen LogP contribution is 2.32. The van der Waals surface area contributed by atoms with Gasteiger partial charge in [0.25, 0.3) is 0 Å². The van der Waals surface area contributed by atoms with Crippen molar-refractivity contribution in [2.75, 3.05) is 19.8 Å². The lowest BCUT2D eigenvalue weighted by molar-refractivity contribution is -0.137. The molecule has 0 aromatic heterocycles. The molecule has 2 N–H and O–H groups in total. The number of esters is 1. The zero-order valence-corrected chi connectivity index (χ0v) is 20.2. The average molecular weight is 463 g/mol. The van der Waals surface area contributed by atoms with Gasteiger partial charge in [-0.25, -0.2) is 4.79 Å². The number of β-amino-alcohol motifs (C(OH)–C–C–N with tert-alkyl or cyclic N) is 1. The van der Waals surface area contributed by atoms with Crippen molar-refractivity contribution in [3.63, 3.8) is 0 Å². The molecular formula is C28H34N2O4. The fraction of sp³-hybridized carbons (Fsp3) is 0.429. The van der Waals surface area contributed by atoms with Crippen LogP contribution in [-0.4, -0.2) is 42.5 Å². The summed E-state index contributed by atoms with van der Waals surface area (Å²) in [6, 6.07) is 15.8. The maximum atomic E-state index is 11.7. The molecule has 0 fully saturated rings. The Bertz CT molecular complexity index is 1030. The Hall–Kier alpha value is -3.14. The van der Waals surface area contributed by atoms with Crippen molar-refractivity contribution in [3.05, 3.63) is 70.8 Å². The summed E-state index contributed by atoms with van der Waals surface area (Å²) in [5.41, 5.74) is 3.67. The van der Waals surface area contributed by atoms with Gasteiger partial charge in [0.05, 0.1) is 12.2 Å². The minimum absolute atomic E-state index is 0.0247. The second kappa shape index (κ2) is 11.8. The van der Waals surface area contributed by atoms with Crippen molar-refractivity contribution < 1.29 is 19.4 Å². The SMILES string of the molecule is CCOC(=O)C=Cc1cccc(C#N)c1OCC(O)CNC(C)(C)CC1Cc2ccccc2C1. The van der Waals surface area contributed by atoms with E-state index in [1.54, 1.807) is 31.2 Å². The number of rotatable bonds is 11. The highest BCUT2D eigenvalue weighted by Gasteiger charge is 2.28. The number of nitriles is 1. The van der Waals surface area contributed by atoms with E-state index in [0.29, 0.717) is 29.3 Å². The van der Waals surface area contributed by atoms with Crippen LogP contribution < -0.4 is 10.1 Å². The molecule has 34 heavy (non-hydrogen) atoms. The molecule has 0 amide bonds. The topological polar surface area (TPSA) is 91.6 Å². The van der Waals surface area contributed by atoms with Gasteiger partial charge in [0.2, 0.25) is 0 Å². The molecule has 1 aliphatic rings. The smallest absolute Gasteiger partial charge is 0.330 e. The molecule has 0 saturated carbocycles. The average Bonchev–Trinajstić information content (AvgIpc) is 3.21. The number of nitrogens with one attached hydrogen (secondary N) is 1. The van der Waals surface area contributed by atoms with Crippen molar-refractivity contribution in [3.8, 4) is 11.8 Å². The third-order valence-corrected chi connectivity index (χ3v) is 6.02. The lowest BCUT2D eigenvalue weighted by Crippen LogP contribution is -2.46. The van der Waals surface area contributed by atoms with Crippen LogP contribution in [0.4, 0.5) is 0 Å². The van der Waals surface area contributed by atoms with Crippen LogP contribution in [0.5, 0.6) is 5.75 Å². The zero-order valence-electron chi connectivity index (χ0n) is 20.2. The third kappa shape index (κ3) is 7.18. The number of nitrogens with zero attached hydrogens (tertiary/aromatic N) is 1. The van der Waals surface area contributed by atoms with Crippen LogP contribution in [0.2, 0.25) is 0 Å². The van der Waals surface area contributed by atoms with Crippen molar-refractivity contribution >= 4 is 12.0 Å². The van der Waals surface area contributed by atoms with E-state index in [1.165, 1.54) is 17.2 Å². The summed E-state index contributed by atoms with van der Waals surface area (Å²) in [6.45, 7) is 6.74. The fourth-order valence-corrected chi connectivity index (χ4v) is 4.50. The fourth-order valence-electron chi connectivity index (χ4n) is 4.50. The molecule has 6 heteroatoms. The number of carbonyl (C=O) groups is 1. The van der Waals surface area contributed by atoms with Crippen LogP contribution in [-0.2, 0) is 22.4 Å². The first-order valence-electron chi connectivity index (χ1n) is 11.8. The molecule has 0 radical (unpaired) electrons. The number of benzene rings is 2. The Morgan fingerprint density at radius 3 is 2.59 bits per heavy atom. The summed E-state index contributed by atoms with van der Waals surface area (Å²) in [5, 5.41) is 23.5. The number of hydrogen-bond donors (Lipinski definition) is 2. The molecule has 1 atom stereocenters. The highest BCUT2D eigenvalue weighted by atomic mass is 16.5. The third-order valence-electron chi connectivity index (χ3n) is 6.02. The highest BCUT2D eigenvalue weighted by molar-refractivity contribution is 5.87. The Labute approximate surface area is 202 Å². The maximum Gasteiger partial charge on any atom is 0.330 e. The summed E-state index contributed by atoms with van der Waals surface area (Å²) in [6.07, 6.45) is 5.31. The lowest BCUT2D eigenvalue weighted by Gasteiger charge is -2.30. The molecule has 0 bridgehead atoms. The van der Waals surface area contributed by atoms with Gasteiger partial charge in [-0.05, 0) is 69.2 Å². The summed E-state index contributed by atoms with van der Waals surface area (Å²) in [5.74, 6) is 0.463. The number of hydrogen-bond acceptors (Lipinski definition) is 6. The lowest BCUT2D eigenvalue weighted by atomic mass is 9.88. The zero-order chi connectivity index (χ0) is 24.6. The summed E-state index contributed by atoms with van der Waals surface area (Å²) in [4.78, 5) is 11.7. The first-order chi connectivity index (χ1) is 16.3. The van der Waals surface area contributed by atoms with E-state index in [-0.39, 0.29) is 18.8 Å². The Kier molecular flexibility index (Phi) is 8.86. The molecule has 2 aromatic carbocycles. The molecular weight excluding hydrogens is 428 g/mol. The van der Waals surface area contributed by atoms with Gasteiger partial charge in [0, 0.05) is 23.7 Å². The number of para-hydroxylation sites is 1. The molecule has 6 nitrogen and oxygen atoms in total.